The molecule has 0 radical (unpaired) electrons. The van der Waals surface area contributed by atoms with Gasteiger partial charge in [0.25, 0.3) is 0 Å². The first-order valence-corrected chi connectivity index (χ1v) is 12.1. The van der Waals surface area contributed by atoms with Crippen LogP contribution < -0.4 is 0 Å². The van der Waals surface area contributed by atoms with Crippen LogP contribution in [0.15, 0.2) is 0 Å². The maximum absolute atomic E-state index is 11.5. The minimum atomic E-state index is -0.348. The fraction of sp³-hybridized carbons (Fsp3) is 0.917. The first kappa shape index (κ1) is 31.2. The topological polar surface area (TPSA) is 104 Å². The van der Waals surface area contributed by atoms with Gasteiger partial charge in [-0.1, -0.05) is 78.1 Å². The van der Waals surface area contributed by atoms with E-state index in [1.54, 1.807) is 0 Å². The van der Waals surface area contributed by atoms with Gasteiger partial charge in [-0.15, -0.1) is 0 Å². The fourth-order valence-electron chi connectivity index (χ4n) is 2.95. The number of carbonyl (C=O) groups excluding carboxylic acids is 2. The van der Waals surface area contributed by atoms with Crippen LogP contribution in [0.5, 0.6) is 0 Å². The fourth-order valence-corrected chi connectivity index (χ4v) is 2.95. The van der Waals surface area contributed by atoms with Gasteiger partial charge in [-0.2, -0.15) is 0 Å². The van der Waals surface area contributed by atoms with Crippen LogP contribution >= 0.6 is 0 Å². The number of hydrogen-bond acceptors (Lipinski definition) is 6. The smallest absolute Gasteiger partial charge is 0.313 e. The molecule has 180 valence electrons. The number of aliphatic hydroxyl groups is 3. The standard InChI is InChI=1S/C18H34O3.C6H14O3/c1-3-5-7-9-10-12-14-16-18(20)21-17(19)15-13-11-8-6-4-2;7-3-1-2-6(4-8)5-9/h3-16H2,1-2H3;6-9H,1-5H2. The molecule has 0 aliphatic carbocycles. The number of carbonyl (C=O) groups is 2. The Morgan fingerprint density at radius 3 is 1.40 bits per heavy atom. The molecule has 0 aliphatic rings. The first-order valence-electron chi connectivity index (χ1n) is 12.1. The molecule has 0 rings (SSSR count). The maximum Gasteiger partial charge on any atom is 0.313 e. The highest BCUT2D eigenvalue weighted by atomic mass is 16.6. The summed E-state index contributed by atoms with van der Waals surface area (Å²) < 4.78 is 4.82. The van der Waals surface area contributed by atoms with Crippen molar-refractivity contribution in [1.82, 2.24) is 0 Å². The zero-order chi connectivity index (χ0) is 22.9. The second-order valence-electron chi connectivity index (χ2n) is 7.98. The number of aliphatic hydroxyl groups excluding tert-OH is 3. The van der Waals surface area contributed by atoms with Crippen LogP contribution in [0.4, 0.5) is 0 Å². The van der Waals surface area contributed by atoms with Crippen molar-refractivity contribution in [2.75, 3.05) is 19.8 Å². The van der Waals surface area contributed by atoms with Gasteiger partial charge >= 0.3 is 11.9 Å². The van der Waals surface area contributed by atoms with Crippen molar-refractivity contribution in [1.29, 1.82) is 0 Å². The van der Waals surface area contributed by atoms with Gasteiger partial charge in [-0.05, 0) is 25.7 Å². The van der Waals surface area contributed by atoms with E-state index in [1.165, 1.54) is 44.9 Å². The lowest BCUT2D eigenvalue weighted by Gasteiger charge is -2.07. The van der Waals surface area contributed by atoms with Crippen molar-refractivity contribution in [3.8, 4) is 0 Å². The molecule has 3 N–H and O–H groups in total. The number of rotatable bonds is 19. The molecular weight excluding hydrogens is 384 g/mol. The second kappa shape index (κ2) is 26.1. The molecule has 0 saturated heterocycles. The summed E-state index contributed by atoms with van der Waals surface area (Å²) in [4.78, 5) is 22.9. The van der Waals surface area contributed by atoms with Crippen LogP contribution in [-0.4, -0.2) is 47.1 Å². The Morgan fingerprint density at radius 2 is 1.03 bits per heavy atom. The van der Waals surface area contributed by atoms with Crippen molar-refractivity contribution in [2.45, 2.75) is 117 Å². The highest BCUT2D eigenvalue weighted by Gasteiger charge is 2.09. The average molecular weight is 433 g/mol. The van der Waals surface area contributed by atoms with Crippen LogP contribution in [0.2, 0.25) is 0 Å². The minimum Gasteiger partial charge on any atom is -0.396 e. The van der Waals surface area contributed by atoms with Crippen LogP contribution in [0.3, 0.4) is 0 Å². The molecule has 6 heteroatoms. The monoisotopic (exact) mass is 432 g/mol. The summed E-state index contributed by atoms with van der Waals surface area (Å²) in [7, 11) is 0. The molecule has 0 spiro atoms. The van der Waals surface area contributed by atoms with Crippen LogP contribution in [0.25, 0.3) is 0 Å². The summed E-state index contributed by atoms with van der Waals surface area (Å²) in [5, 5.41) is 25.4. The van der Waals surface area contributed by atoms with E-state index in [4.69, 9.17) is 20.1 Å². The molecule has 0 atom stereocenters. The van der Waals surface area contributed by atoms with E-state index in [9.17, 15) is 9.59 Å². The van der Waals surface area contributed by atoms with E-state index in [0.29, 0.717) is 25.7 Å². The summed E-state index contributed by atoms with van der Waals surface area (Å²) in [5.74, 6) is -0.737. The summed E-state index contributed by atoms with van der Waals surface area (Å²) >= 11 is 0. The Hall–Kier alpha value is -0.980. The van der Waals surface area contributed by atoms with E-state index in [0.717, 1.165) is 32.1 Å². The Kier molecular flexibility index (Phi) is 27.1. The lowest BCUT2D eigenvalue weighted by Crippen LogP contribution is -2.11. The molecule has 30 heavy (non-hydrogen) atoms. The van der Waals surface area contributed by atoms with Gasteiger partial charge in [-0.25, -0.2) is 0 Å². The first-order chi connectivity index (χ1) is 14.5. The molecule has 0 fully saturated rings. The highest BCUT2D eigenvalue weighted by Crippen LogP contribution is 2.10. The third-order valence-corrected chi connectivity index (χ3v) is 4.98. The predicted molar refractivity (Wildman–Crippen MR) is 121 cm³/mol. The van der Waals surface area contributed by atoms with Gasteiger partial charge in [0, 0.05) is 38.6 Å². The van der Waals surface area contributed by atoms with Gasteiger partial charge in [0.15, 0.2) is 0 Å². The van der Waals surface area contributed by atoms with Crippen molar-refractivity contribution in [2.24, 2.45) is 5.92 Å². The molecule has 0 aliphatic heterocycles. The lowest BCUT2D eigenvalue weighted by atomic mass is 10.1. The predicted octanol–water partition coefficient (Wildman–Crippen LogP) is 4.92. The number of esters is 2. The molecule has 0 aromatic carbocycles. The third kappa shape index (κ3) is 25.1. The maximum atomic E-state index is 11.5. The van der Waals surface area contributed by atoms with E-state index in [2.05, 4.69) is 13.8 Å². The Balaban J connectivity index is 0. The second-order valence-corrected chi connectivity index (χ2v) is 7.98. The molecule has 0 aromatic heterocycles. The van der Waals surface area contributed by atoms with E-state index >= 15 is 0 Å². The molecule has 0 saturated carbocycles. The number of hydrogen-bond donors (Lipinski definition) is 3. The quantitative estimate of drug-likeness (QED) is 0.152. The normalized spacial score (nSPS) is 10.6. The molecular formula is C24H48O6. The highest BCUT2D eigenvalue weighted by molar-refractivity contribution is 5.85. The van der Waals surface area contributed by atoms with Crippen molar-refractivity contribution < 1.29 is 29.6 Å². The molecule has 0 bridgehead atoms. The Bertz CT molecular complexity index is 369. The van der Waals surface area contributed by atoms with Gasteiger partial charge < -0.3 is 20.1 Å². The minimum absolute atomic E-state index is 0.0104. The van der Waals surface area contributed by atoms with Gasteiger partial charge in [0.1, 0.15) is 0 Å². The van der Waals surface area contributed by atoms with Crippen LogP contribution in [0, 0.1) is 5.92 Å². The Morgan fingerprint density at radius 1 is 0.633 bits per heavy atom. The van der Waals surface area contributed by atoms with Crippen molar-refractivity contribution >= 4 is 11.9 Å². The van der Waals surface area contributed by atoms with E-state index < -0.39 is 0 Å². The number of unbranched alkanes of at least 4 members (excludes halogenated alkanes) is 10. The van der Waals surface area contributed by atoms with Gasteiger partial charge in [0.05, 0.1) is 0 Å². The molecule has 6 nitrogen and oxygen atoms in total. The zero-order valence-corrected chi connectivity index (χ0v) is 19.6. The van der Waals surface area contributed by atoms with E-state index in [1.807, 2.05) is 0 Å². The summed E-state index contributed by atoms with van der Waals surface area (Å²) in [6.07, 6.45) is 15.8. The zero-order valence-electron chi connectivity index (χ0n) is 19.6. The van der Waals surface area contributed by atoms with Crippen molar-refractivity contribution in [3.05, 3.63) is 0 Å². The molecule has 0 heterocycles. The van der Waals surface area contributed by atoms with E-state index in [-0.39, 0.29) is 37.7 Å². The van der Waals surface area contributed by atoms with Crippen LogP contribution in [0.1, 0.15) is 117 Å². The summed E-state index contributed by atoms with van der Waals surface area (Å²) in [6, 6.07) is 0. The SMILES string of the molecule is CCCCCCCCCC(=O)OC(=O)CCCCCCC.OCCCC(CO)CO. The molecule has 0 aromatic rings. The molecule has 0 amide bonds. The Labute approximate surface area is 184 Å². The summed E-state index contributed by atoms with van der Waals surface area (Å²) in [5.41, 5.74) is 0. The van der Waals surface area contributed by atoms with Crippen molar-refractivity contribution in [3.63, 3.8) is 0 Å². The summed E-state index contributed by atoms with van der Waals surface area (Å²) in [6.45, 7) is 4.52. The largest absolute Gasteiger partial charge is 0.396 e. The van der Waals surface area contributed by atoms with Gasteiger partial charge in [-0.3, -0.25) is 9.59 Å². The number of ether oxygens (including phenoxy) is 1. The lowest BCUT2D eigenvalue weighted by molar-refractivity contribution is -0.159. The average Bonchev–Trinajstić information content (AvgIpc) is 2.74. The molecule has 0 unspecified atom stereocenters. The van der Waals surface area contributed by atoms with Crippen LogP contribution in [-0.2, 0) is 14.3 Å². The third-order valence-electron chi connectivity index (χ3n) is 4.98. The van der Waals surface area contributed by atoms with Gasteiger partial charge in [0.2, 0.25) is 0 Å².